The first kappa shape index (κ1) is 13.9. The quantitative estimate of drug-likeness (QED) is 0.735. The van der Waals surface area contributed by atoms with E-state index < -0.39 is 0 Å². The molecule has 0 aliphatic heterocycles. The number of nitrogens with one attached hydrogen (secondary N) is 1. The molecule has 0 saturated carbocycles. The Morgan fingerprint density at radius 2 is 2.06 bits per heavy atom. The molecule has 1 rings (SSSR count). The van der Waals surface area contributed by atoms with E-state index in [4.69, 9.17) is 9.47 Å². The molecule has 0 amide bonds. The standard InChI is InChI=1S/C12H21N3O2/c1-9(2)17-6-5-16-8-12-14-10(3)7-11(13-4)15-12/h7,9H,5-6,8H2,1-4H3,(H,13,14,15). The van der Waals surface area contributed by atoms with Gasteiger partial charge in [0.15, 0.2) is 5.82 Å². The third-order valence-electron chi connectivity index (χ3n) is 2.07. The SMILES string of the molecule is CNc1cc(C)nc(COCCOC(C)C)n1. The van der Waals surface area contributed by atoms with E-state index in [1.54, 1.807) is 0 Å². The van der Waals surface area contributed by atoms with E-state index >= 15 is 0 Å². The van der Waals surface area contributed by atoms with E-state index in [0.29, 0.717) is 25.6 Å². The minimum Gasteiger partial charge on any atom is -0.376 e. The molecule has 0 saturated heterocycles. The highest BCUT2D eigenvalue weighted by atomic mass is 16.5. The van der Waals surface area contributed by atoms with Crippen molar-refractivity contribution in [1.29, 1.82) is 0 Å². The lowest BCUT2D eigenvalue weighted by Gasteiger charge is -2.08. The number of aromatic nitrogens is 2. The zero-order valence-corrected chi connectivity index (χ0v) is 11.0. The molecule has 96 valence electrons. The van der Waals surface area contributed by atoms with Crippen LogP contribution >= 0.6 is 0 Å². The molecule has 0 atom stereocenters. The van der Waals surface area contributed by atoms with Gasteiger partial charge in [0, 0.05) is 18.8 Å². The van der Waals surface area contributed by atoms with Gasteiger partial charge in [0.1, 0.15) is 12.4 Å². The van der Waals surface area contributed by atoms with E-state index in [0.717, 1.165) is 11.5 Å². The van der Waals surface area contributed by atoms with E-state index in [9.17, 15) is 0 Å². The molecule has 0 bridgehead atoms. The van der Waals surface area contributed by atoms with E-state index in [2.05, 4.69) is 15.3 Å². The molecule has 0 radical (unpaired) electrons. The molecule has 0 unspecified atom stereocenters. The van der Waals surface area contributed by atoms with Crippen LogP contribution in [-0.4, -0.2) is 36.3 Å². The number of anilines is 1. The molecule has 1 aromatic rings. The monoisotopic (exact) mass is 239 g/mol. The predicted molar refractivity (Wildman–Crippen MR) is 67.1 cm³/mol. The maximum absolute atomic E-state index is 5.45. The second-order valence-electron chi connectivity index (χ2n) is 4.03. The average molecular weight is 239 g/mol. The Balaban J connectivity index is 2.33. The Kier molecular flexibility index (Phi) is 5.86. The lowest BCUT2D eigenvalue weighted by molar-refractivity contribution is 0.0127. The number of ether oxygens (including phenoxy) is 2. The van der Waals surface area contributed by atoms with Crippen molar-refractivity contribution in [3.63, 3.8) is 0 Å². The van der Waals surface area contributed by atoms with E-state index in [1.807, 2.05) is 33.9 Å². The van der Waals surface area contributed by atoms with Crippen LogP contribution in [0.2, 0.25) is 0 Å². The summed E-state index contributed by atoms with van der Waals surface area (Å²) >= 11 is 0. The summed E-state index contributed by atoms with van der Waals surface area (Å²) in [5.74, 6) is 1.51. The van der Waals surface area contributed by atoms with Crippen molar-refractivity contribution in [2.24, 2.45) is 0 Å². The maximum Gasteiger partial charge on any atom is 0.156 e. The first-order chi connectivity index (χ1) is 8.11. The van der Waals surface area contributed by atoms with Crippen molar-refractivity contribution < 1.29 is 9.47 Å². The summed E-state index contributed by atoms with van der Waals surface area (Å²) in [7, 11) is 1.84. The zero-order chi connectivity index (χ0) is 12.7. The van der Waals surface area contributed by atoms with Gasteiger partial charge in [-0.3, -0.25) is 0 Å². The van der Waals surface area contributed by atoms with Gasteiger partial charge >= 0.3 is 0 Å². The topological polar surface area (TPSA) is 56.3 Å². The van der Waals surface area contributed by atoms with Gasteiger partial charge in [-0.1, -0.05) is 0 Å². The highest BCUT2D eigenvalue weighted by molar-refractivity contribution is 5.34. The molecule has 17 heavy (non-hydrogen) atoms. The fraction of sp³-hybridized carbons (Fsp3) is 0.667. The number of hydrogen-bond acceptors (Lipinski definition) is 5. The Labute approximate surface area is 103 Å². The molecular weight excluding hydrogens is 218 g/mol. The summed E-state index contributed by atoms with van der Waals surface area (Å²) in [6.07, 6.45) is 0.240. The van der Waals surface area contributed by atoms with Crippen molar-refractivity contribution in [2.75, 3.05) is 25.6 Å². The number of hydrogen-bond donors (Lipinski definition) is 1. The summed E-state index contributed by atoms with van der Waals surface area (Å²) in [4.78, 5) is 8.59. The van der Waals surface area contributed by atoms with Crippen molar-refractivity contribution >= 4 is 5.82 Å². The third kappa shape index (κ3) is 5.60. The Morgan fingerprint density at radius 3 is 2.71 bits per heavy atom. The number of aryl methyl sites for hydroxylation is 1. The first-order valence-corrected chi connectivity index (χ1v) is 5.83. The fourth-order valence-electron chi connectivity index (χ4n) is 1.33. The van der Waals surface area contributed by atoms with Crippen molar-refractivity contribution in [3.05, 3.63) is 17.6 Å². The highest BCUT2D eigenvalue weighted by Gasteiger charge is 2.01. The molecule has 5 heteroatoms. The van der Waals surface area contributed by atoms with Crippen LogP contribution in [0.5, 0.6) is 0 Å². The minimum absolute atomic E-state index is 0.240. The number of rotatable bonds is 7. The van der Waals surface area contributed by atoms with Crippen molar-refractivity contribution in [1.82, 2.24) is 9.97 Å². The van der Waals surface area contributed by atoms with E-state index in [-0.39, 0.29) is 6.10 Å². The van der Waals surface area contributed by atoms with Crippen LogP contribution in [0.4, 0.5) is 5.82 Å². The Bertz CT molecular complexity index is 343. The van der Waals surface area contributed by atoms with Crippen LogP contribution in [0, 0.1) is 6.92 Å². The van der Waals surface area contributed by atoms with Crippen molar-refractivity contribution in [2.45, 2.75) is 33.5 Å². The van der Waals surface area contributed by atoms with Crippen LogP contribution < -0.4 is 5.32 Å². The average Bonchev–Trinajstić information content (AvgIpc) is 2.27. The van der Waals surface area contributed by atoms with Gasteiger partial charge < -0.3 is 14.8 Å². The molecule has 1 aromatic heterocycles. The van der Waals surface area contributed by atoms with Gasteiger partial charge in [-0.05, 0) is 20.8 Å². The molecule has 1 N–H and O–H groups in total. The van der Waals surface area contributed by atoms with Gasteiger partial charge in [0.25, 0.3) is 0 Å². The maximum atomic E-state index is 5.45. The number of nitrogens with zero attached hydrogens (tertiary/aromatic N) is 2. The van der Waals surface area contributed by atoms with Gasteiger partial charge in [0.2, 0.25) is 0 Å². The molecule has 1 heterocycles. The lowest BCUT2D eigenvalue weighted by atomic mass is 10.4. The molecule has 0 aromatic carbocycles. The normalized spacial score (nSPS) is 10.9. The van der Waals surface area contributed by atoms with Crippen LogP contribution in [0.3, 0.4) is 0 Å². The third-order valence-corrected chi connectivity index (χ3v) is 2.07. The van der Waals surface area contributed by atoms with Crippen LogP contribution in [0.25, 0.3) is 0 Å². The molecule has 0 spiro atoms. The molecule has 0 fully saturated rings. The summed E-state index contributed by atoms with van der Waals surface area (Å²) in [5.41, 5.74) is 0.932. The zero-order valence-electron chi connectivity index (χ0n) is 11.0. The predicted octanol–water partition coefficient (Wildman–Crippen LogP) is 1.77. The summed E-state index contributed by atoms with van der Waals surface area (Å²) in [6.45, 7) is 7.52. The van der Waals surface area contributed by atoms with Crippen LogP contribution in [0.1, 0.15) is 25.4 Å². The lowest BCUT2D eigenvalue weighted by Crippen LogP contribution is -2.11. The Hall–Kier alpha value is -1.20. The van der Waals surface area contributed by atoms with Gasteiger partial charge in [-0.2, -0.15) is 0 Å². The van der Waals surface area contributed by atoms with E-state index in [1.165, 1.54) is 0 Å². The van der Waals surface area contributed by atoms with Crippen LogP contribution in [0.15, 0.2) is 6.07 Å². The largest absolute Gasteiger partial charge is 0.376 e. The first-order valence-electron chi connectivity index (χ1n) is 5.83. The van der Waals surface area contributed by atoms with Crippen molar-refractivity contribution in [3.8, 4) is 0 Å². The summed E-state index contributed by atoms with van der Waals surface area (Å²) in [6, 6.07) is 1.89. The molecule has 5 nitrogen and oxygen atoms in total. The summed E-state index contributed by atoms with van der Waals surface area (Å²) < 4.78 is 10.8. The van der Waals surface area contributed by atoms with Crippen LogP contribution in [-0.2, 0) is 16.1 Å². The minimum atomic E-state index is 0.240. The Morgan fingerprint density at radius 1 is 1.29 bits per heavy atom. The van der Waals surface area contributed by atoms with Gasteiger partial charge in [-0.15, -0.1) is 0 Å². The highest BCUT2D eigenvalue weighted by Crippen LogP contribution is 2.05. The summed E-state index contributed by atoms with van der Waals surface area (Å²) in [5, 5.41) is 2.99. The molecule has 0 aliphatic carbocycles. The second kappa shape index (κ2) is 7.19. The van der Waals surface area contributed by atoms with Gasteiger partial charge in [0.05, 0.1) is 19.3 Å². The molecule has 0 aliphatic rings. The molecular formula is C12H21N3O2. The smallest absolute Gasteiger partial charge is 0.156 e. The van der Waals surface area contributed by atoms with Gasteiger partial charge in [-0.25, -0.2) is 9.97 Å². The fourth-order valence-corrected chi connectivity index (χ4v) is 1.33. The second-order valence-corrected chi connectivity index (χ2v) is 4.03.